The summed E-state index contributed by atoms with van der Waals surface area (Å²) in [7, 11) is 0. The van der Waals surface area contributed by atoms with Gasteiger partial charge in [0.25, 0.3) is 0 Å². The van der Waals surface area contributed by atoms with Gasteiger partial charge in [-0.05, 0) is 44.4 Å². The first-order valence-electron chi connectivity index (χ1n) is 5.02. The van der Waals surface area contributed by atoms with Gasteiger partial charge in [0.2, 0.25) is 0 Å². The second-order valence-electron chi connectivity index (χ2n) is 4.20. The Kier molecular flexibility index (Phi) is 3.29. The summed E-state index contributed by atoms with van der Waals surface area (Å²) in [4.78, 5) is 0. The average Bonchev–Trinajstić information content (AvgIpc) is 2.01. The highest BCUT2D eigenvalue weighted by Crippen LogP contribution is 2.23. The van der Waals surface area contributed by atoms with E-state index in [4.69, 9.17) is 11.5 Å². The Morgan fingerprint density at radius 2 is 1.43 bits per heavy atom. The molecule has 2 nitrogen and oxygen atoms in total. The van der Waals surface area contributed by atoms with Gasteiger partial charge in [0.05, 0.1) is 0 Å². The molecule has 0 heterocycles. The van der Waals surface area contributed by atoms with Gasteiger partial charge in [-0.25, -0.2) is 0 Å². The summed E-state index contributed by atoms with van der Waals surface area (Å²) >= 11 is 0. The minimum Gasteiger partial charge on any atom is -0.326 e. The summed E-state index contributed by atoms with van der Waals surface area (Å²) in [5.74, 6) is 0. The van der Waals surface area contributed by atoms with Gasteiger partial charge in [0.1, 0.15) is 0 Å². The standard InChI is InChI=1S/C12H20N2/c1-7-5-8(2)11(9(3)6-7)12(14)10(4)13/h5-6,10,12H,13-14H2,1-4H3. The first-order valence-corrected chi connectivity index (χ1v) is 5.02. The summed E-state index contributed by atoms with van der Waals surface area (Å²) in [5.41, 5.74) is 16.8. The maximum atomic E-state index is 6.06. The molecule has 1 rings (SSSR count). The number of nitrogens with two attached hydrogens (primary N) is 2. The highest BCUT2D eigenvalue weighted by Gasteiger charge is 2.15. The van der Waals surface area contributed by atoms with Crippen molar-refractivity contribution in [3.63, 3.8) is 0 Å². The molecule has 0 aliphatic carbocycles. The van der Waals surface area contributed by atoms with Crippen LogP contribution in [0.25, 0.3) is 0 Å². The van der Waals surface area contributed by atoms with Crippen molar-refractivity contribution in [3.8, 4) is 0 Å². The molecule has 2 heteroatoms. The lowest BCUT2D eigenvalue weighted by atomic mass is 9.91. The van der Waals surface area contributed by atoms with Crippen LogP contribution in [0.1, 0.15) is 35.2 Å². The van der Waals surface area contributed by atoms with E-state index in [-0.39, 0.29) is 12.1 Å². The molecule has 1 aromatic carbocycles. The highest BCUT2D eigenvalue weighted by molar-refractivity contribution is 5.40. The van der Waals surface area contributed by atoms with Crippen molar-refractivity contribution in [2.45, 2.75) is 39.8 Å². The van der Waals surface area contributed by atoms with Gasteiger partial charge in [-0.15, -0.1) is 0 Å². The average molecular weight is 192 g/mol. The SMILES string of the molecule is Cc1cc(C)c(C(N)C(C)N)c(C)c1. The van der Waals surface area contributed by atoms with E-state index in [1.54, 1.807) is 0 Å². The summed E-state index contributed by atoms with van der Waals surface area (Å²) < 4.78 is 0. The van der Waals surface area contributed by atoms with Crippen LogP contribution in [-0.2, 0) is 0 Å². The first-order chi connectivity index (χ1) is 6.43. The Labute approximate surface area is 86.3 Å². The predicted octanol–water partition coefficient (Wildman–Crippen LogP) is 1.96. The predicted molar refractivity (Wildman–Crippen MR) is 61.2 cm³/mol. The summed E-state index contributed by atoms with van der Waals surface area (Å²) in [6, 6.07) is 4.25. The van der Waals surface area contributed by atoms with Crippen molar-refractivity contribution in [3.05, 3.63) is 34.4 Å². The van der Waals surface area contributed by atoms with E-state index >= 15 is 0 Å². The third kappa shape index (κ3) is 2.14. The van der Waals surface area contributed by atoms with Crippen molar-refractivity contribution in [2.75, 3.05) is 0 Å². The van der Waals surface area contributed by atoms with Crippen LogP contribution in [0.15, 0.2) is 12.1 Å². The second kappa shape index (κ2) is 4.11. The third-order valence-corrected chi connectivity index (χ3v) is 2.64. The topological polar surface area (TPSA) is 52.0 Å². The highest BCUT2D eigenvalue weighted by atomic mass is 14.8. The van der Waals surface area contributed by atoms with Crippen LogP contribution >= 0.6 is 0 Å². The molecule has 0 radical (unpaired) electrons. The molecule has 0 saturated heterocycles. The maximum Gasteiger partial charge on any atom is 0.0451 e. The molecule has 0 saturated carbocycles. The maximum absolute atomic E-state index is 6.06. The summed E-state index contributed by atoms with van der Waals surface area (Å²) in [6.07, 6.45) is 0. The van der Waals surface area contributed by atoms with E-state index < -0.39 is 0 Å². The molecule has 0 bridgehead atoms. The van der Waals surface area contributed by atoms with Crippen molar-refractivity contribution >= 4 is 0 Å². The number of rotatable bonds is 2. The van der Waals surface area contributed by atoms with E-state index in [0.717, 1.165) is 0 Å². The van der Waals surface area contributed by atoms with Crippen molar-refractivity contribution in [1.82, 2.24) is 0 Å². The Hall–Kier alpha value is -0.860. The fraction of sp³-hybridized carbons (Fsp3) is 0.500. The molecule has 0 aliphatic rings. The smallest absolute Gasteiger partial charge is 0.0451 e. The first kappa shape index (κ1) is 11.2. The molecule has 14 heavy (non-hydrogen) atoms. The fourth-order valence-electron chi connectivity index (χ4n) is 1.98. The molecule has 1 aromatic rings. The molecule has 0 fully saturated rings. The number of hydrogen-bond donors (Lipinski definition) is 2. The quantitative estimate of drug-likeness (QED) is 0.752. The van der Waals surface area contributed by atoms with Gasteiger partial charge in [0, 0.05) is 12.1 Å². The molecule has 0 amide bonds. The zero-order valence-corrected chi connectivity index (χ0v) is 9.46. The molecule has 0 aromatic heterocycles. The molecule has 0 spiro atoms. The Balaban J connectivity index is 3.20. The second-order valence-corrected chi connectivity index (χ2v) is 4.20. The van der Waals surface area contributed by atoms with Crippen LogP contribution in [0.4, 0.5) is 0 Å². The molecular weight excluding hydrogens is 172 g/mol. The third-order valence-electron chi connectivity index (χ3n) is 2.64. The van der Waals surface area contributed by atoms with Crippen LogP contribution in [0.2, 0.25) is 0 Å². The zero-order chi connectivity index (χ0) is 10.9. The van der Waals surface area contributed by atoms with Crippen LogP contribution in [0, 0.1) is 20.8 Å². The molecular formula is C12H20N2. The number of benzene rings is 1. The number of aryl methyl sites for hydroxylation is 3. The monoisotopic (exact) mass is 192 g/mol. The Morgan fingerprint density at radius 3 is 1.79 bits per heavy atom. The van der Waals surface area contributed by atoms with Gasteiger partial charge in [-0.2, -0.15) is 0 Å². The lowest BCUT2D eigenvalue weighted by Gasteiger charge is -2.21. The Morgan fingerprint density at radius 1 is 1.00 bits per heavy atom. The molecule has 4 N–H and O–H groups in total. The molecule has 2 atom stereocenters. The molecule has 78 valence electrons. The lowest BCUT2D eigenvalue weighted by molar-refractivity contribution is 0.583. The minimum absolute atomic E-state index is 0.00453. The van der Waals surface area contributed by atoms with Crippen molar-refractivity contribution < 1.29 is 0 Å². The van der Waals surface area contributed by atoms with Crippen LogP contribution in [0.3, 0.4) is 0 Å². The Bertz CT molecular complexity index is 306. The van der Waals surface area contributed by atoms with Gasteiger partial charge < -0.3 is 11.5 Å². The van der Waals surface area contributed by atoms with Crippen molar-refractivity contribution in [1.29, 1.82) is 0 Å². The summed E-state index contributed by atoms with van der Waals surface area (Å²) in [5, 5.41) is 0. The lowest BCUT2D eigenvalue weighted by Crippen LogP contribution is -2.32. The largest absolute Gasteiger partial charge is 0.326 e. The van der Waals surface area contributed by atoms with E-state index in [9.17, 15) is 0 Å². The van der Waals surface area contributed by atoms with E-state index in [0.29, 0.717) is 0 Å². The fourth-order valence-corrected chi connectivity index (χ4v) is 1.98. The number of hydrogen-bond acceptors (Lipinski definition) is 2. The van der Waals surface area contributed by atoms with Crippen LogP contribution in [-0.4, -0.2) is 6.04 Å². The van der Waals surface area contributed by atoms with Crippen LogP contribution < -0.4 is 11.5 Å². The van der Waals surface area contributed by atoms with Crippen LogP contribution in [0.5, 0.6) is 0 Å². The molecule has 2 unspecified atom stereocenters. The van der Waals surface area contributed by atoms with E-state index in [1.165, 1.54) is 22.3 Å². The van der Waals surface area contributed by atoms with Crippen molar-refractivity contribution in [2.24, 2.45) is 11.5 Å². The molecule has 0 aliphatic heterocycles. The van der Waals surface area contributed by atoms with Gasteiger partial charge in [-0.3, -0.25) is 0 Å². The van der Waals surface area contributed by atoms with Gasteiger partial charge in [-0.1, -0.05) is 17.7 Å². The van der Waals surface area contributed by atoms with Gasteiger partial charge >= 0.3 is 0 Å². The normalized spacial score (nSPS) is 15.3. The minimum atomic E-state index is -0.0596. The van der Waals surface area contributed by atoms with Gasteiger partial charge in [0.15, 0.2) is 0 Å². The zero-order valence-electron chi connectivity index (χ0n) is 9.46. The van der Waals surface area contributed by atoms with E-state index in [2.05, 4.69) is 32.9 Å². The summed E-state index contributed by atoms with van der Waals surface area (Å²) in [6.45, 7) is 8.24. The van der Waals surface area contributed by atoms with E-state index in [1.807, 2.05) is 6.92 Å².